The number of piperidine rings is 1. The number of carbonyl (C=O) groups excluding carboxylic acids is 1. The van der Waals surface area contributed by atoms with Crippen molar-refractivity contribution in [2.75, 3.05) is 13.1 Å². The Bertz CT molecular complexity index is 482. The number of amides is 1. The van der Waals surface area contributed by atoms with Crippen molar-refractivity contribution >= 4 is 17.2 Å². The number of thiazole rings is 1. The van der Waals surface area contributed by atoms with Gasteiger partial charge in [-0.1, -0.05) is 13.8 Å². The molecule has 0 radical (unpaired) electrons. The Labute approximate surface area is 124 Å². The van der Waals surface area contributed by atoms with Crippen molar-refractivity contribution in [3.05, 3.63) is 16.1 Å². The Morgan fingerprint density at radius 3 is 2.90 bits per heavy atom. The van der Waals surface area contributed by atoms with Gasteiger partial charge >= 0.3 is 0 Å². The summed E-state index contributed by atoms with van der Waals surface area (Å²) < 4.78 is 0. The lowest BCUT2D eigenvalue weighted by molar-refractivity contribution is -0.0578. The summed E-state index contributed by atoms with van der Waals surface area (Å²) in [4.78, 5) is 18.6. The molecule has 4 nitrogen and oxygen atoms in total. The Hall–Kier alpha value is -0.940. The smallest absolute Gasteiger partial charge is 0.273 e. The monoisotopic (exact) mass is 296 g/mol. The SMILES string of the molecule is Cc1nc(C(=O)N2CC[C@](C)(O)[C@H](CC(C)C)C2)cs1. The van der Waals surface area contributed by atoms with Crippen molar-refractivity contribution in [2.24, 2.45) is 11.8 Å². The van der Waals surface area contributed by atoms with E-state index >= 15 is 0 Å². The van der Waals surface area contributed by atoms with Crippen molar-refractivity contribution in [3.8, 4) is 0 Å². The molecule has 2 atom stereocenters. The summed E-state index contributed by atoms with van der Waals surface area (Å²) >= 11 is 1.50. The second-order valence-corrected chi connectivity index (χ2v) is 7.50. The van der Waals surface area contributed by atoms with Crippen molar-refractivity contribution in [1.29, 1.82) is 0 Å². The Balaban J connectivity index is 2.09. The van der Waals surface area contributed by atoms with E-state index in [9.17, 15) is 9.90 Å². The van der Waals surface area contributed by atoms with Gasteiger partial charge in [0.05, 0.1) is 10.6 Å². The van der Waals surface area contributed by atoms with Crippen LogP contribution in [0.15, 0.2) is 5.38 Å². The van der Waals surface area contributed by atoms with Crippen LogP contribution in [0.4, 0.5) is 0 Å². The van der Waals surface area contributed by atoms with Gasteiger partial charge in [-0.3, -0.25) is 4.79 Å². The van der Waals surface area contributed by atoms with Crippen molar-refractivity contribution in [1.82, 2.24) is 9.88 Å². The predicted molar refractivity (Wildman–Crippen MR) is 80.9 cm³/mol. The van der Waals surface area contributed by atoms with Crippen LogP contribution < -0.4 is 0 Å². The lowest BCUT2D eigenvalue weighted by atomic mass is 9.78. The van der Waals surface area contributed by atoms with Crippen molar-refractivity contribution in [3.63, 3.8) is 0 Å². The van der Waals surface area contributed by atoms with Crippen LogP contribution in [-0.4, -0.2) is 39.6 Å². The highest BCUT2D eigenvalue weighted by Gasteiger charge is 2.39. The quantitative estimate of drug-likeness (QED) is 0.933. The van der Waals surface area contributed by atoms with Gasteiger partial charge in [0.1, 0.15) is 5.69 Å². The first-order chi connectivity index (χ1) is 9.29. The highest BCUT2D eigenvalue weighted by atomic mass is 32.1. The van der Waals surface area contributed by atoms with Gasteiger partial charge in [0.2, 0.25) is 0 Å². The molecule has 5 heteroatoms. The van der Waals surface area contributed by atoms with Crippen LogP contribution in [0.1, 0.15) is 49.1 Å². The second-order valence-electron chi connectivity index (χ2n) is 6.44. The highest BCUT2D eigenvalue weighted by Crippen LogP contribution is 2.32. The maximum absolute atomic E-state index is 12.4. The predicted octanol–water partition coefficient (Wildman–Crippen LogP) is 2.71. The fourth-order valence-corrected chi connectivity index (χ4v) is 3.41. The number of aromatic nitrogens is 1. The summed E-state index contributed by atoms with van der Waals surface area (Å²) in [6.07, 6.45) is 1.58. The molecule has 0 aromatic carbocycles. The minimum absolute atomic E-state index is 0.00129. The number of likely N-dealkylation sites (tertiary alicyclic amines) is 1. The third kappa shape index (κ3) is 3.38. The molecule has 1 amide bonds. The maximum Gasteiger partial charge on any atom is 0.273 e. The molecule has 112 valence electrons. The number of aryl methyl sites for hydroxylation is 1. The van der Waals surface area contributed by atoms with Crippen LogP contribution in [0.5, 0.6) is 0 Å². The number of rotatable bonds is 3. The van der Waals surface area contributed by atoms with E-state index in [4.69, 9.17) is 0 Å². The van der Waals surface area contributed by atoms with Gasteiger partial charge < -0.3 is 10.0 Å². The maximum atomic E-state index is 12.4. The van der Waals surface area contributed by atoms with Gasteiger partial charge in [-0.05, 0) is 32.6 Å². The summed E-state index contributed by atoms with van der Waals surface area (Å²) in [6, 6.07) is 0. The molecule has 0 saturated carbocycles. The van der Waals surface area contributed by atoms with Gasteiger partial charge in [0.15, 0.2) is 0 Å². The van der Waals surface area contributed by atoms with E-state index in [0.29, 0.717) is 31.1 Å². The lowest BCUT2D eigenvalue weighted by Crippen LogP contribution is -2.52. The summed E-state index contributed by atoms with van der Waals surface area (Å²) in [5.74, 6) is 0.654. The van der Waals surface area contributed by atoms with Crippen LogP contribution in [0.3, 0.4) is 0 Å². The Morgan fingerprint density at radius 2 is 2.35 bits per heavy atom. The van der Waals surface area contributed by atoms with Crippen LogP contribution in [0, 0.1) is 18.8 Å². The lowest BCUT2D eigenvalue weighted by Gasteiger charge is -2.43. The van der Waals surface area contributed by atoms with Crippen LogP contribution >= 0.6 is 11.3 Å². The number of carbonyl (C=O) groups is 1. The molecule has 1 aliphatic heterocycles. The van der Waals surface area contributed by atoms with E-state index < -0.39 is 5.60 Å². The minimum Gasteiger partial charge on any atom is -0.390 e. The van der Waals surface area contributed by atoms with Gasteiger partial charge in [-0.25, -0.2) is 4.98 Å². The van der Waals surface area contributed by atoms with E-state index in [1.165, 1.54) is 11.3 Å². The zero-order chi connectivity index (χ0) is 14.9. The fourth-order valence-electron chi connectivity index (χ4n) is 2.82. The molecule has 1 saturated heterocycles. The first-order valence-electron chi connectivity index (χ1n) is 7.23. The first-order valence-corrected chi connectivity index (χ1v) is 8.11. The van der Waals surface area contributed by atoms with E-state index in [2.05, 4.69) is 18.8 Å². The standard InChI is InChI=1S/C15H24N2O2S/c1-10(2)7-12-8-17(6-5-15(12,4)19)14(18)13-9-20-11(3)16-13/h9-10,12,19H,5-8H2,1-4H3/t12-,15+/m1/s1. The van der Waals surface area contributed by atoms with E-state index in [0.717, 1.165) is 11.4 Å². The highest BCUT2D eigenvalue weighted by molar-refractivity contribution is 7.09. The summed E-state index contributed by atoms with van der Waals surface area (Å²) in [5, 5.41) is 13.2. The van der Waals surface area contributed by atoms with Crippen LogP contribution in [0.25, 0.3) is 0 Å². The largest absolute Gasteiger partial charge is 0.390 e. The van der Waals surface area contributed by atoms with Gasteiger partial charge in [-0.2, -0.15) is 0 Å². The topological polar surface area (TPSA) is 53.4 Å². The molecule has 1 N–H and O–H groups in total. The molecule has 20 heavy (non-hydrogen) atoms. The fraction of sp³-hybridized carbons (Fsp3) is 0.733. The third-order valence-electron chi connectivity index (χ3n) is 4.09. The van der Waals surface area contributed by atoms with Gasteiger partial charge in [0.25, 0.3) is 5.91 Å². The Morgan fingerprint density at radius 1 is 1.65 bits per heavy atom. The second kappa shape index (κ2) is 5.82. The molecule has 2 heterocycles. The Kier molecular flexibility index (Phi) is 4.49. The minimum atomic E-state index is -0.668. The molecule has 1 aliphatic rings. The average Bonchev–Trinajstić information content (AvgIpc) is 2.77. The zero-order valence-corrected chi connectivity index (χ0v) is 13.5. The molecule has 0 aliphatic carbocycles. The summed E-state index contributed by atoms with van der Waals surface area (Å²) in [6.45, 7) is 9.34. The molecular formula is C15H24N2O2S. The first kappa shape index (κ1) is 15.4. The van der Waals surface area contributed by atoms with E-state index in [-0.39, 0.29) is 11.8 Å². The number of nitrogens with zero attached hydrogens (tertiary/aromatic N) is 2. The zero-order valence-electron chi connectivity index (χ0n) is 12.7. The van der Waals surface area contributed by atoms with Crippen molar-refractivity contribution in [2.45, 2.75) is 46.1 Å². The molecule has 0 spiro atoms. The van der Waals surface area contributed by atoms with Crippen LogP contribution in [0.2, 0.25) is 0 Å². The van der Waals surface area contributed by atoms with E-state index in [1.807, 2.05) is 24.1 Å². The normalized spacial score (nSPS) is 27.1. The number of hydrogen-bond acceptors (Lipinski definition) is 4. The molecule has 1 aromatic heterocycles. The third-order valence-corrected chi connectivity index (χ3v) is 4.86. The summed E-state index contributed by atoms with van der Waals surface area (Å²) in [7, 11) is 0. The molecule has 1 aromatic rings. The number of hydrogen-bond donors (Lipinski definition) is 1. The van der Waals surface area contributed by atoms with E-state index in [1.54, 1.807) is 0 Å². The molecular weight excluding hydrogens is 272 g/mol. The summed E-state index contributed by atoms with van der Waals surface area (Å²) in [5.41, 5.74) is -0.128. The average molecular weight is 296 g/mol. The molecule has 1 fully saturated rings. The number of aliphatic hydroxyl groups is 1. The van der Waals surface area contributed by atoms with Crippen molar-refractivity contribution < 1.29 is 9.90 Å². The van der Waals surface area contributed by atoms with Gasteiger partial charge in [0, 0.05) is 24.4 Å². The van der Waals surface area contributed by atoms with Gasteiger partial charge in [-0.15, -0.1) is 11.3 Å². The molecule has 2 rings (SSSR count). The molecule has 0 unspecified atom stereocenters. The molecule has 0 bridgehead atoms. The van der Waals surface area contributed by atoms with Crippen LogP contribution in [-0.2, 0) is 0 Å².